The first-order valence-electron chi connectivity index (χ1n) is 7.77. The van der Waals surface area contributed by atoms with Crippen molar-refractivity contribution in [1.82, 2.24) is 4.98 Å². The number of nitro groups is 1. The number of aromatic nitrogens is 1. The Labute approximate surface area is 146 Å². The molecule has 0 spiro atoms. The van der Waals surface area contributed by atoms with Gasteiger partial charge in [-0.15, -0.1) is 0 Å². The third-order valence-electron chi connectivity index (χ3n) is 4.07. The highest BCUT2D eigenvalue weighted by Crippen LogP contribution is 2.39. The number of nitriles is 1. The maximum absolute atomic E-state index is 11.5. The second-order valence-electron chi connectivity index (χ2n) is 5.75. The summed E-state index contributed by atoms with van der Waals surface area (Å²) in [6.45, 7) is 2.03. The molecule has 0 bridgehead atoms. The largest absolute Gasteiger partial charge is 0.275 e. The Bertz CT molecular complexity index is 759. The molecule has 2 rings (SSSR count). The lowest BCUT2D eigenvalue weighted by Crippen LogP contribution is -2.28. The number of halogens is 1. The third-order valence-corrected chi connectivity index (χ3v) is 4.31. The number of pyridine rings is 1. The van der Waals surface area contributed by atoms with Crippen molar-refractivity contribution in [1.29, 1.82) is 5.26 Å². The van der Waals surface area contributed by atoms with Crippen molar-refractivity contribution in [3.63, 3.8) is 0 Å². The van der Waals surface area contributed by atoms with E-state index in [1.54, 1.807) is 30.6 Å². The Balaban J connectivity index is 2.58. The zero-order chi connectivity index (χ0) is 17.6. The lowest BCUT2D eigenvalue weighted by molar-refractivity contribution is -0.386. The fraction of sp³-hybridized carbons (Fsp3) is 0.333. The molecule has 0 aliphatic rings. The van der Waals surface area contributed by atoms with E-state index in [0.717, 1.165) is 18.4 Å². The predicted octanol–water partition coefficient (Wildman–Crippen LogP) is 4.84. The van der Waals surface area contributed by atoms with Crippen LogP contribution in [0.1, 0.15) is 37.3 Å². The van der Waals surface area contributed by atoms with Crippen LogP contribution in [0.3, 0.4) is 0 Å². The van der Waals surface area contributed by atoms with Crippen molar-refractivity contribution in [3.05, 3.63) is 69.0 Å². The summed E-state index contributed by atoms with van der Waals surface area (Å²) >= 11 is 5.92. The zero-order valence-electron chi connectivity index (χ0n) is 13.4. The fourth-order valence-electron chi connectivity index (χ4n) is 2.86. The highest BCUT2D eigenvalue weighted by atomic mass is 35.5. The van der Waals surface area contributed by atoms with Crippen LogP contribution < -0.4 is 0 Å². The van der Waals surface area contributed by atoms with Crippen LogP contribution >= 0.6 is 11.6 Å². The van der Waals surface area contributed by atoms with E-state index in [0.29, 0.717) is 18.4 Å². The second-order valence-corrected chi connectivity index (χ2v) is 6.19. The quantitative estimate of drug-likeness (QED) is 0.532. The smallest absolute Gasteiger partial charge is 0.264 e. The topological polar surface area (TPSA) is 79.8 Å². The van der Waals surface area contributed by atoms with E-state index < -0.39 is 10.3 Å². The molecule has 0 N–H and O–H groups in total. The van der Waals surface area contributed by atoms with Crippen LogP contribution in [-0.4, -0.2) is 9.91 Å². The summed E-state index contributed by atoms with van der Waals surface area (Å²) < 4.78 is 0. The molecular weight excluding hydrogens is 326 g/mol. The maximum Gasteiger partial charge on any atom is 0.275 e. The Hall–Kier alpha value is -2.45. The van der Waals surface area contributed by atoms with E-state index in [1.165, 1.54) is 6.07 Å². The fourth-order valence-corrected chi connectivity index (χ4v) is 3.03. The van der Waals surface area contributed by atoms with E-state index in [-0.39, 0.29) is 10.7 Å². The molecule has 0 saturated carbocycles. The molecule has 0 aliphatic heterocycles. The van der Waals surface area contributed by atoms with Crippen LogP contribution in [0.25, 0.3) is 0 Å². The van der Waals surface area contributed by atoms with Crippen LogP contribution in [0, 0.1) is 21.4 Å². The average molecular weight is 344 g/mol. The Kier molecular flexibility index (Phi) is 5.88. The average Bonchev–Trinajstić information content (AvgIpc) is 2.59. The highest BCUT2D eigenvalue weighted by molar-refractivity contribution is 6.30. The van der Waals surface area contributed by atoms with Gasteiger partial charge in [-0.05, 0) is 36.6 Å². The molecule has 0 saturated heterocycles. The van der Waals surface area contributed by atoms with Crippen molar-refractivity contribution in [3.8, 4) is 6.07 Å². The number of unbranched alkanes of at least 4 members (excludes halogenated alkanes) is 1. The van der Waals surface area contributed by atoms with Gasteiger partial charge in [0.05, 0.1) is 22.0 Å². The van der Waals surface area contributed by atoms with E-state index in [2.05, 4.69) is 11.1 Å². The summed E-state index contributed by atoms with van der Waals surface area (Å²) in [6.07, 6.45) is 5.97. The van der Waals surface area contributed by atoms with Gasteiger partial charge in [-0.25, -0.2) is 0 Å². The van der Waals surface area contributed by atoms with Crippen LogP contribution in [-0.2, 0) is 11.8 Å². The van der Waals surface area contributed by atoms with Gasteiger partial charge in [0.1, 0.15) is 0 Å². The van der Waals surface area contributed by atoms with Gasteiger partial charge < -0.3 is 0 Å². The SMILES string of the molecule is CCCCC(C#N)(Cc1cccnc1)c1ccc(Cl)cc1[N+](=O)[O-]. The van der Waals surface area contributed by atoms with Gasteiger partial charge in [0.2, 0.25) is 0 Å². The van der Waals surface area contributed by atoms with Crippen molar-refractivity contribution < 1.29 is 4.92 Å². The van der Waals surface area contributed by atoms with Crippen molar-refractivity contribution in [2.24, 2.45) is 0 Å². The zero-order valence-corrected chi connectivity index (χ0v) is 14.2. The molecule has 1 atom stereocenters. The minimum Gasteiger partial charge on any atom is -0.264 e. The number of rotatable bonds is 7. The first-order chi connectivity index (χ1) is 11.5. The highest BCUT2D eigenvalue weighted by Gasteiger charge is 2.38. The molecule has 2 aromatic rings. The molecular formula is C18H18ClN3O2. The molecule has 0 aliphatic carbocycles. The summed E-state index contributed by atoms with van der Waals surface area (Å²) in [6, 6.07) is 10.6. The van der Waals surface area contributed by atoms with Crippen molar-refractivity contribution in [2.75, 3.05) is 0 Å². The Morgan fingerprint density at radius 2 is 2.21 bits per heavy atom. The molecule has 24 heavy (non-hydrogen) atoms. The van der Waals surface area contributed by atoms with Crippen LogP contribution in [0.4, 0.5) is 5.69 Å². The van der Waals surface area contributed by atoms with E-state index >= 15 is 0 Å². The van der Waals surface area contributed by atoms with E-state index in [1.807, 2.05) is 13.0 Å². The van der Waals surface area contributed by atoms with Gasteiger partial charge >= 0.3 is 0 Å². The summed E-state index contributed by atoms with van der Waals surface area (Å²) in [7, 11) is 0. The van der Waals surface area contributed by atoms with Gasteiger partial charge in [-0.1, -0.05) is 37.4 Å². The summed E-state index contributed by atoms with van der Waals surface area (Å²) in [5.74, 6) is 0. The first kappa shape index (κ1) is 17.9. The van der Waals surface area contributed by atoms with Gasteiger partial charge in [0, 0.05) is 23.5 Å². The normalized spacial score (nSPS) is 13.0. The van der Waals surface area contributed by atoms with E-state index in [4.69, 9.17) is 11.6 Å². The molecule has 0 radical (unpaired) electrons. The van der Waals surface area contributed by atoms with Gasteiger partial charge in [0.15, 0.2) is 0 Å². The second kappa shape index (κ2) is 7.89. The molecule has 1 unspecified atom stereocenters. The summed E-state index contributed by atoms with van der Waals surface area (Å²) in [4.78, 5) is 15.1. The third kappa shape index (κ3) is 3.90. The standard InChI is InChI=1S/C18H18ClN3O2/c1-2-3-8-18(13-20,11-14-5-4-9-21-12-14)16-7-6-15(19)10-17(16)22(23)24/h4-7,9-10,12H,2-3,8,11H2,1H3. The molecule has 0 fully saturated rings. The number of nitro benzene ring substituents is 1. The van der Waals surface area contributed by atoms with Gasteiger partial charge in [-0.3, -0.25) is 15.1 Å². The summed E-state index contributed by atoms with van der Waals surface area (Å²) in [5.41, 5.74) is 0.201. The molecule has 5 nitrogen and oxygen atoms in total. The Morgan fingerprint density at radius 3 is 2.79 bits per heavy atom. The number of benzene rings is 1. The van der Waals surface area contributed by atoms with Crippen molar-refractivity contribution in [2.45, 2.75) is 38.0 Å². The van der Waals surface area contributed by atoms with Crippen molar-refractivity contribution >= 4 is 17.3 Å². The number of hydrogen-bond acceptors (Lipinski definition) is 4. The lowest BCUT2D eigenvalue weighted by atomic mass is 9.73. The minimum absolute atomic E-state index is 0.107. The molecule has 124 valence electrons. The molecule has 1 aromatic heterocycles. The Morgan fingerprint density at radius 1 is 1.42 bits per heavy atom. The monoisotopic (exact) mass is 343 g/mol. The van der Waals surface area contributed by atoms with Crippen LogP contribution in [0.5, 0.6) is 0 Å². The van der Waals surface area contributed by atoms with Crippen LogP contribution in [0.2, 0.25) is 5.02 Å². The molecule has 6 heteroatoms. The minimum atomic E-state index is -0.980. The number of hydrogen-bond donors (Lipinski definition) is 0. The van der Waals surface area contributed by atoms with E-state index in [9.17, 15) is 15.4 Å². The van der Waals surface area contributed by atoms with Gasteiger partial charge in [-0.2, -0.15) is 5.26 Å². The van der Waals surface area contributed by atoms with Gasteiger partial charge in [0.25, 0.3) is 5.69 Å². The molecule has 1 heterocycles. The maximum atomic E-state index is 11.5. The lowest BCUT2D eigenvalue weighted by Gasteiger charge is -2.27. The predicted molar refractivity (Wildman–Crippen MR) is 92.9 cm³/mol. The van der Waals surface area contributed by atoms with Crippen LogP contribution in [0.15, 0.2) is 42.7 Å². The molecule has 0 amide bonds. The first-order valence-corrected chi connectivity index (χ1v) is 8.15. The number of nitrogens with zero attached hydrogens (tertiary/aromatic N) is 3. The molecule has 1 aromatic carbocycles. The summed E-state index contributed by atoms with van der Waals surface area (Å²) in [5, 5.41) is 21.7.